The quantitative estimate of drug-likeness (QED) is 0.221. The average molecular weight is 549 g/mol. The van der Waals surface area contributed by atoms with E-state index < -0.39 is 5.82 Å². The first-order chi connectivity index (χ1) is 19.6. The van der Waals surface area contributed by atoms with Crippen LogP contribution < -0.4 is 15.4 Å². The number of ether oxygens (including phenoxy) is 1. The van der Waals surface area contributed by atoms with E-state index >= 15 is 4.39 Å². The lowest BCUT2D eigenvalue weighted by Crippen LogP contribution is -2.31. The van der Waals surface area contributed by atoms with Gasteiger partial charge in [0.2, 0.25) is 0 Å². The molecule has 2 fully saturated rings. The van der Waals surface area contributed by atoms with Crippen LogP contribution >= 0.6 is 0 Å². The van der Waals surface area contributed by atoms with Crippen molar-refractivity contribution in [3.63, 3.8) is 0 Å². The second-order valence-corrected chi connectivity index (χ2v) is 11.9. The van der Waals surface area contributed by atoms with Gasteiger partial charge < -0.3 is 15.4 Å². The van der Waals surface area contributed by atoms with Crippen molar-refractivity contribution in [3.8, 4) is 5.75 Å². The van der Waals surface area contributed by atoms with E-state index in [1.54, 1.807) is 24.3 Å². The molecule has 2 saturated carbocycles. The molecule has 40 heavy (non-hydrogen) atoms. The number of fused-ring (bicyclic) bond motifs is 2. The minimum absolute atomic E-state index is 0.0657. The molecule has 2 N–H and O–H groups in total. The van der Waals surface area contributed by atoms with Gasteiger partial charge in [0, 0.05) is 23.2 Å². The summed E-state index contributed by atoms with van der Waals surface area (Å²) in [6.45, 7) is 2.58. The number of nitrogens with one attached hydrogen (secondary N) is 2. The third kappa shape index (κ3) is 6.21. The molecule has 0 amide bonds. The lowest BCUT2D eigenvalue weighted by Gasteiger charge is -2.32. The lowest BCUT2D eigenvalue weighted by atomic mass is 9.81. The Labute approximate surface area is 238 Å². The van der Waals surface area contributed by atoms with Crippen LogP contribution in [0.3, 0.4) is 0 Å². The number of halogens is 1. The molecule has 3 aliphatic rings. The van der Waals surface area contributed by atoms with E-state index in [0.717, 1.165) is 70.6 Å². The lowest BCUT2D eigenvalue weighted by molar-refractivity contribution is 0.0979. The molecule has 6 heteroatoms. The molecule has 0 radical (unpaired) electrons. The van der Waals surface area contributed by atoms with E-state index in [4.69, 9.17) is 4.74 Å². The largest absolute Gasteiger partial charge is 0.488 e. The molecule has 0 aromatic heterocycles. The highest BCUT2D eigenvalue weighted by molar-refractivity contribution is 6.32. The van der Waals surface area contributed by atoms with Crippen molar-refractivity contribution in [3.05, 3.63) is 52.3 Å². The van der Waals surface area contributed by atoms with Gasteiger partial charge in [-0.2, -0.15) is 0 Å². The maximum Gasteiger partial charge on any atom is 0.196 e. The van der Waals surface area contributed by atoms with Gasteiger partial charge in [-0.1, -0.05) is 102 Å². The summed E-state index contributed by atoms with van der Waals surface area (Å²) in [6.07, 6.45) is 17.0. The number of carbonyl (C=O) groups excluding carboxylic acids is 2. The van der Waals surface area contributed by atoms with Crippen LogP contribution in [-0.4, -0.2) is 30.3 Å². The highest BCUT2D eigenvalue weighted by Crippen LogP contribution is 2.46. The first-order valence-corrected chi connectivity index (χ1v) is 15.8. The van der Waals surface area contributed by atoms with E-state index in [0.29, 0.717) is 23.4 Å². The summed E-state index contributed by atoms with van der Waals surface area (Å²) in [7, 11) is 0. The average Bonchev–Trinajstić information content (AvgIpc) is 2.99. The van der Waals surface area contributed by atoms with Gasteiger partial charge in [0.1, 0.15) is 0 Å². The fourth-order valence-electron chi connectivity index (χ4n) is 6.67. The fraction of sp³-hybridized carbons (Fsp3) is 0.588. The normalized spacial score (nSPS) is 17.9. The highest BCUT2D eigenvalue weighted by Gasteiger charge is 2.39. The zero-order chi connectivity index (χ0) is 27.9. The molecule has 2 aromatic rings. The number of unbranched alkanes of at least 4 members (excludes halogenated alkanes) is 5. The van der Waals surface area contributed by atoms with Crippen molar-refractivity contribution in [1.29, 1.82) is 0 Å². The van der Waals surface area contributed by atoms with E-state index in [9.17, 15) is 9.59 Å². The Morgan fingerprint density at radius 1 is 0.725 bits per heavy atom. The Morgan fingerprint density at radius 3 is 1.80 bits per heavy atom. The molecule has 0 bridgehead atoms. The molecule has 0 spiro atoms. The summed E-state index contributed by atoms with van der Waals surface area (Å²) in [6, 6.07) is 7.11. The van der Waals surface area contributed by atoms with Gasteiger partial charge in [0.05, 0.1) is 29.1 Å². The summed E-state index contributed by atoms with van der Waals surface area (Å²) in [5, 5.41) is 6.93. The molecule has 5 rings (SSSR count). The van der Waals surface area contributed by atoms with Crippen LogP contribution in [-0.2, 0) is 0 Å². The number of hydrogen-bond acceptors (Lipinski definition) is 5. The van der Waals surface area contributed by atoms with Gasteiger partial charge in [-0.3, -0.25) is 9.59 Å². The third-order valence-corrected chi connectivity index (χ3v) is 8.92. The second-order valence-electron chi connectivity index (χ2n) is 11.9. The second kappa shape index (κ2) is 13.6. The van der Waals surface area contributed by atoms with Gasteiger partial charge in [-0.15, -0.1) is 0 Å². The van der Waals surface area contributed by atoms with Gasteiger partial charge >= 0.3 is 0 Å². The summed E-state index contributed by atoms with van der Waals surface area (Å²) in [4.78, 5) is 28.1. The van der Waals surface area contributed by atoms with Gasteiger partial charge in [0.25, 0.3) is 0 Å². The smallest absolute Gasteiger partial charge is 0.196 e. The van der Waals surface area contributed by atoms with Gasteiger partial charge in [0.15, 0.2) is 23.1 Å². The minimum atomic E-state index is -0.547. The van der Waals surface area contributed by atoms with E-state index in [2.05, 4.69) is 17.6 Å². The Balaban J connectivity index is 1.57. The topological polar surface area (TPSA) is 67.4 Å². The molecule has 0 aliphatic heterocycles. The predicted octanol–water partition coefficient (Wildman–Crippen LogP) is 8.83. The Morgan fingerprint density at radius 2 is 1.23 bits per heavy atom. The molecule has 0 unspecified atom stereocenters. The van der Waals surface area contributed by atoms with Crippen molar-refractivity contribution < 1.29 is 18.7 Å². The third-order valence-electron chi connectivity index (χ3n) is 8.92. The van der Waals surface area contributed by atoms with Crippen molar-refractivity contribution in [1.82, 2.24) is 0 Å². The number of benzene rings is 2. The van der Waals surface area contributed by atoms with Crippen molar-refractivity contribution in [2.75, 3.05) is 17.2 Å². The van der Waals surface area contributed by atoms with Crippen LogP contribution in [0.4, 0.5) is 15.8 Å². The monoisotopic (exact) mass is 548 g/mol. The van der Waals surface area contributed by atoms with E-state index in [-0.39, 0.29) is 46.2 Å². The first-order valence-electron chi connectivity index (χ1n) is 15.8. The predicted molar refractivity (Wildman–Crippen MR) is 160 cm³/mol. The van der Waals surface area contributed by atoms with Crippen LogP contribution in [0.15, 0.2) is 24.3 Å². The van der Waals surface area contributed by atoms with Gasteiger partial charge in [-0.05, 0) is 32.1 Å². The molecule has 0 atom stereocenters. The maximum atomic E-state index is 16.7. The van der Waals surface area contributed by atoms with Crippen LogP contribution in [0.25, 0.3) is 0 Å². The van der Waals surface area contributed by atoms with Gasteiger partial charge in [-0.25, -0.2) is 4.39 Å². The molecular weight excluding hydrogens is 503 g/mol. The summed E-state index contributed by atoms with van der Waals surface area (Å²) < 4.78 is 22.9. The Bertz CT molecular complexity index is 1200. The molecule has 2 aromatic carbocycles. The minimum Gasteiger partial charge on any atom is -0.488 e. The fourth-order valence-corrected chi connectivity index (χ4v) is 6.67. The molecule has 5 nitrogen and oxygen atoms in total. The maximum absolute atomic E-state index is 16.7. The van der Waals surface area contributed by atoms with Crippen molar-refractivity contribution >= 4 is 22.9 Å². The Hall–Kier alpha value is -2.89. The van der Waals surface area contributed by atoms with Crippen LogP contribution in [0.5, 0.6) is 5.75 Å². The zero-order valence-corrected chi connectivity index (χ0v) is 24.1. The number of ketones is 2. The summed E-state index contributed by atoms with van der Waals surface area (Å²) >= 11 is 0. The molecule has 216 valence electrons. The van der Waals surface area contributed by atoms with E-state index in [1.165, 1.54) is 32.1 Å². The molecule has 0 saturated heterocycles. The molecular formula is C34H45FN2O3. The Kier molecular flexibility index (Phi) is 9.77. The standard InChI is InChI=1S/C34H45FN2O3/c1-2-3-4-5-6-15-22-40-34-29(35)30(36-23-16-9-7-10-17-23)27-28(31(34)37-24-18-11-8-12-19-24)33(39)26-21-14-13-20-25(26)32(27)38/h13-14,20-21,23-24,36-37H,2-12,15-19,22H2,1H3. The highest BCUT2D eigenvalue weighted by atomic mass is 19.1. The van der Waals surface area contributed by atoms with Crippen molar-refractivity contribution in [2.24, 2.45) is 0 Å². The number of hydrogen-bond donors (Lipinski definition) is 2. The summed E-state index contributed by atoms with van der Waals surface area (Å²) in [5.41, 5.74) is 1.66. The van der Waals surface area contributed by atoms with Crippen LogP contribution in [0.2, 0.25) is 0 Å². The number of carbonyl (C=O) groups is 2. The zero-order valence-electron chi connectivity index (χ0n) is 24.1. The number of anilines is 2. The molecule has 0 heterocycles. The first kappa shape index (κ1) is 28.6. The van der Waals surface area contributed by atoms with Crippen molar-refractivity contribution in [2.45, 2.75) is 122 Å². The number of rotatable bonds is 12. The van der Waals surface area contributed by atoms with Crippen LogP contribution in [0.1, 0.15) is 141 Å². The summed E-state index contributed by atoms with van der Waals surface area (Å²) in [5.74, 6) is -0.984. The SMILES string of the molecule is CCCCCCCCOc1c(F)c(NC2CCCCC2)c2c(c1NC1CCCCC1)C(=O)c1ccccc1C2=O. The van der Waals surface area contributed by atoms with Crippen LogP contribution in [0, 0.1) is 5.82 Å². The molecule has 3 aliphatic carbocycles. The van der Waals surface area contributed by atoms with E-state index in [1.807, 2.05) is 0 Å².